The number of nitrogens with one attached hydrogen (secondary N) is 5. The van der Waals surface area contributed by atoms with E-state index in [1.54, 1.807) is 24.3 Å². The SMILES string of the molecule is CC(C)C[C@H](NC(=O)COc1ccccc1)C(=O)N[C@H](C=O)CCCCNC(=O)CCCC[C@@H]1SC[C@@H]2NC(=O)N[C@@H]21. The van der Waals surface area contributed by atoms with Gasteiger partial charge in [-0.05, 0) is 56.6 Å². The topological polar surface area (TPSA) is 155 Å². The molecule has 232 valence electrons. The molecule has 12 heteroatoms. The van der Waals surface area contributed by atoms with Crippen LogP contribution in [-0.4, -0.2) is 78.4 Å². The molecule has 5 atom stereocenters. The van der Waals surface area contributed by atoms with Crippen LogP contribution in [0.25, 0.3) is 0 Å². The molecule has 1 aromatic carbocycles. The summed E-state index contributed by atoms with van der Waals surface area (Å²) in [5.41, 5.74) is 0. The van der Waals surface area contributed by atoms with Crippen molar-refractivity contribution in [2.75, 3.05) is 18.9 Å². The Morgan fingerprint density at radius 1 is 1.05 bits per heavy atom. The van der Waals surface area contributed by atoms with Crippen LogP contribution < -0.4 is 31.3 Å². The molecule has 1 aromatic rings. The number of fused-ring (bicyclic) bond motifs is 1. The molecular weight excluding hydrogens is 558 g/mol. The number of urea groups is 1. The number of aldehydes is 1. The third-order valence-electron chi connectivity index (χ3n) is 7.31. The normalized spacial score (nSPS) is 20.5. The number of unbranched alkanes of at least 4 members (excludes halogenated alkanes) is 2. The lowest BCUT2D eigenvalue weighted by molar-refractivity contribution is -0.131. The molecule has 11 nitrogen and oxygen atoms in total. The average Bonchev–Trinajstić information content (AvgIpc) is 3.52. The van der Waals surface area contributed by atoms with Crippen molar-refractivity contribution in [3.05, 3.63) is 30.3 Å². The fourth-order valence-electron chi connectivity index (χ4n) is 5.14. The van der Waals surface area contributed by atoms with Gasteiger partial charge in [0.1, 0.15) is 18.1 Å². The highest BCUT2D eigenvalue weighted by molar-refractivity contribution is 8.00. The second kappa shape index (κ2) is 17.6. The summed E-state index contributed by atoms with van der Waals surface area (Å²) in [6, 6.07) is 7.82. The van der Waals surface area contributed by atoms with Crippen molar-refractivity contribution >= 4 is 41.8 Å². The first-order valence-corrected chi connectivity index (χ1v) is 16.0. The van der Waals surface area contributed by atoms with Crippen molar-refractivity contribution < 1.29 is 28.7 Å². The fourth-order valence-corrected chi connectivity index (χ4v) is 6.69. The lowest BCUT2D eigenvalue weighted by atomic mass is 10.0. The second-order valence-corrected chi connectivity index (χ2v) is 12.6. The summed E-state index contributed by atoms with van der Waals surface area (Å²) in [6.07, 6.45) is 6.08. The molecule has 0 bridgehead atoms. The van der Waals surface area contributed by atoms with Crippen LogP contribution in [-0.2, 0) is 19.2 Å². The molecule has 2 heterocycles. The van der Waals surface area contributed by atoms with E-state index >= 15 is 0 Å². The van der Waals surface area contributed by atoms with Crippen LogP contribution in [0.2, 0.25) is 0 Å². The molecule has 5 amide bonds. The van der Waals surface area contributed by atoms with E-state index in [1.165, 1.54) is 0 Å². The van der Waals surface area contributed by atoms with Crippen LogP contribution in [0.15, 0.2) is 30.3 Å². The predicted molar refractivity (Wildman–Crippen MR) is 162 cm³/mol. The summed E-state index contributed by atoms with van der Waals surface area (Å²) < 4.78 is 5.47. The van der Waals surface area contributed by atoms with E-state index < -0.39 is 23.9 Å². The minimum atomic E-state index is -0.777. The summed E-state index contributed by atoms with van der Waals surface area (Å²) >= 11 is 1.88. The van der Waals surface area contributed by atoms with E-state index in [2.05, 4.69) is 26.6 Å². The Labute approximate surface area is 252 Å². The standard InChI is InChI=1S/C30H45N5O6S/c1-20(2)16-23(33-27(38)18-41-22-11-4-3-5-12-22)29(39)32-21(17-36)10-8-9-15-31-26(37)14-7-6-13-25-28-24(19-42-25)34-30(40)35-28/h3-5,11-12,17,20-21,23-25,28H,6-10,13-16,18-19H2,1-2H3,(H,31,37)(H,32,39)(H,33,38)(H2,34,35,40)/t21-,23-,24-,25-,28-/m0/s1. The highest BCUT2D eigenvalue weighted by Gasteiger charge is 2.42. The van der Waals surface area contributed by atoms with Crippen molar-refractivity contribution in [3.8, 4) is 5.75 Å². The quantitative estimate of drug-likeness (QED) is 0.0923. The Kier molecular flexibility index (Phi) is 13.9. The third-order valence-corrected chi connectivity index (χ3v) is 8.82. The molecular formula is C30H45N5O6S. The molecule has 2 fully saturated rings. The number of amides is 5. The number of thioether (sulfide) groups is 1. The number of carbonyl (C=O) groups excluding carboxylic acids is 5. The Balaban J connectivity index is 1.27. The van der Waals surface area contributed by atoms with Gasteiger partial charge in [0.25, 0.3) is 5.91 Å². The van der Waals surface area contributed by atoms with Gasteiger partial charge in [-0.2, -0.15) is 11.8 Å². The number of ether oxygens (including phenoxy) is 1. The maximum absolute atomic E-state index is 12.9. The zero-order chi connectivity index (χ0) is 30.3. The molecule has 0 unspecified atom stereocenters. The number of para-hydroxylation sites is 1. The molecule has 5 N–H and O–H groups in total. The van der Waals surface area contributed by atoms with Gasteiger partial charge in [-0.25, -0.2) is 4.79 Å². The Bertz CT molecular complexity index is 1040. The van der Waals surface area contributed by atoms with Crippen LogP contribution in [0.4, 0.5) is 4.79 Å². The highest BCUT2D eigenvalue weighted by Crippen LogP contribution is 2.33. The van der Waals surface area contributed by atoms with Crippen molar-refractivity contribution in [3.63, 3.8) is 0 Å². The molecule has 2 aliphatic heterocycles. The molecule has 0 spiro atoms. The maximum Gasteiger partial charge on any atom is 0.315 e. The summed E-state index contributed by atoms with van der Waals surface area (Å²) in [6.45, 7) is 4.20. The van der Waals surface area contributed by atoms with Gasteiger partial charge in [0.2, 0.25) is 11.8 Å². The van der Waals surface area contributed by atoms with Gasteiger partial charge in [0, 0.05) is 24.0 Å². The van der Waals surface area contributed by atoms with Crippen molar-refractivity contribution in [2.45, 2.75) is 94.6 Å². The lowest BCUT2D eigenvalue weighted by Crippen LogP contribution is -2.51. The Hall–Kier alpha value is -3.28. The summed E-state index contributed by atoms with van der Waals surface area (Å²) in [7, 11) is 0. The van der Waals surface area contributed by atoms with Gasteiger partial charge >= 0.3 is 6.03 Å². The van der Waals surface area contributed by atoms with Gasteiger partial charge in [-0.3, -0.25) is 14.4 Å². The van der Waals surface area contributed by atoms with Crippen LogP contribution >= 0.6 is 11.8 Å². The van der Waals surface area contributed by atoms with Gasteiger partial charge in [-0.15, -0.1) is 0 Å². The zero-order valence-corrected chi connectivity index (χ0v) is 25.4. The highest BCUT2D eigenvalue weighted by atomic mass is 32.2. The second-order valence-electron chi connectivity index (χ2n) is 11.3. The van der Waals surface area contributed by atoms with Crippen molar-refractivity contribution in [2.24, 2.45) is 5.92 Å². The number of benzene rings is 1. The third kappa shape index (κ3) is 11.5. The van der Waals surface area contributed by atoms with Gasteiger partial charge in [0.15, 0.2) is 6.61 Å². The Morgan fingerprint density at radius 2 is 1.83 bits per heavy atom. The van der Waals surface area contributed by atoms with Crippen LogP contribution in [0.5, 0.6) is 5.75 Å². The first-order chi connectivity index (χ1) is 20.2. The summed E-state index contributed by atoms with van der Waals surface area (Å²) in [5, 5.41) is 14.7. The van der Waals surface area contributed by atoms with E-state index in [4.69, 9.17) is 4.74 Å². The van der Waals surface area contributed by atoms with Crippen LogP contribution in [0.3, 0.4) is 0 Å². The number of hydrogen-bond acceptors (Lipinski definition) is 7. The number of hydrogen-bond donors (Lipinski definition) is 5. The van der Waals surface area contributed by atoms with Crippen LogP contribution in [0, 0.1) is 5.92 Å². The summed E-state index contributed by atoms with van der Waals surface area (Å²) in [4.78, 5) is 60.7. The predicted octanol–water partition coefficient (Wildman–Crippen LogP) is 2.29. The number of carbonyl (C=O) groups is 5. The first-order valence-electron chi connectivity index (χ1n) is 14.9. The summed E-state index contributed by atoms with van der Waals surface area (Å²) in [5.74, 6) is 0.833. The van der Waals surface area contributed by atoms with Crippen LogP contribution in [0.1, 0.15) is 65.2 Å². The largest absolute Gasteiger partial charge is 0.484 e. The molecule has 2 aliphatic rings. The Morgan fingerprint density at radius 3 is 2.57 bits per heavy atom. The van der Waals surface area contributed by atoms with Crippen molar-refractivity contribution in [1.82, 2.24) is 26.6 Å². The molecule has 0 saturated carbocycles. The molecule has 0 aromatic heterocycles. The smallest absolute Gasteiger partial charge is 0.315 e. The van der Waals surface area contributed by atoms with Crippen molar-refractivity contribution in [1.29, 1.82) is 0 Å². The maximum atomic E-state index is 12.9. The fraction of sp³-hybridized carbons (Fsp3) is 0.633. The monoisotopic (exact) mass is 603 g/mol. The molecule has 0 aliphatic carbocycles. The van der Waals surface area contributed by atoms with Gasteiger partial charge in [-0.1, -0.05) is 38.5 Å². The first kappa shape index (κ1) is 33.2. The number of rotatable bonds is 19. The van der Waals surface area contributed by atoms with E-state index in [9.17, 15) is 24.0 Å². The van der Waals surface area contributed by atoms with E-state index in [0.29, 0.717) is 55.9 Å². The zero-order valence-electron chi connectivity index (χ0n) is 24.6. The van der Waals surface area contributed by atoms with E-state index in [1.807, 2.05) is 31.7 Å². The van der Waals surface area contributed by atoms with Gasteiger partial charge < -0.3 is 36.1 Å². The lowest BCUT2D eigenvalue weighted by Gasteiger charge is -2.22. The molecule has 3 rings (SSSR count). The van der Waals surface area contributed by atoms with E-state index in [0.717, 1.165) is 25.0 Å². The molecule has 0 radical (unpaired) electrons. The minimum absolute atomic E-state index is 0.00606. The van der Waals surface area contributed by atoms with Gasteiger partial charge in [0.05, 0.1) is 18.1 Å². The molecule has 2 saturated heterocycles. The molecule has 42 heavy (non-hydrogen) atoms. The average molecular weight is 604 g/mol. The minimum Gasteiger partial charge on any atom is -0.484 e. The van der Waals surface area contributed by atoms with E-state index in [-0.39, 0.29) is 36.5 Å².